The number of carbonyl (C=O) groups is 1. The van der Waals surface area contributed by atoms with E-state index in [2.05, 4.69) is 31.3 Å². The van der Waals surface area contributed by atoms with E-state index < -0.39 is 0 Å². The Morgan fingerprint density at radius 1 is 1.09 bits per heavy atom. The van der Waals surface area contributed by atoms with Crippen LogP contribution in [0.3, 0.4) is 0 Å². The van der Waals surface area contributed by atoms with E-state index in [1.807, 2.05) is 36.4 Å². The molecule has 0 bridgehead atoms. The van der Waals surface area contributed by atoms with Crippen LogP contribution in [0, 0.1) is 5.92 Å². The van der Waals surface area contributed by atoms with Gasteiger partial charge in [0.05, 0.1) is 7.11 Å². The smallest absolute Gasteiger partial charge is 0.228 e. The second kappa shape index (κ2) is 6.45. The molecule has 2 atom stereocenters. The molecule has 1 saturated carbocycles. The molecule has 2 unspecified atom stereocenters. The quantitative estimate of drug-likeness (QED) is 0.879. The van der Waals surface area contributed by atoms with Crippen molar-refractivity contribution >= 4 is 11.6 Å². The Morgan fingerprint density at radius 3 is 2.30 bits per heavy atom. The van der Waals surface area contributed by atoms with Crippen LogP contribution in [0.25, 0.3) is 0 Å². The second-order valence-corrected chi connectivity index (χ2v) is 6.49. The molecule has 0 spiro atoms. The number of benzene rings is 2. The third-order valence-electron chi connectivity index (χ3n) is 4.52. The molecule has 3 nitrogen and oxygen atoms in total. The summed E-state index contributed by atoms with van der Waals surface area (Å²) < 4.78 is 5.17. The van der Waals surface area contributed by atoms with E-state index in [1.54, 1.807) is 7.11 Å². The Bertz CT molecular complexity index is 674. The number of amides is 1. The molecule has 1 N–H and O–H groups in total. The standard InChI is InChI=1S/C20H23NO2/c1-13(2)14-4-8-16(9-5-14)21-20(22)19-12-18(19)15-6-10-17(23-3)11-7-15/h4-11,13,18-19H,12H2,1-3H3,(H,21,22). The lowest BCUT2D eigenvalue weighted by Gasteiger charge is -2.08. The molecule has 2 aromatic rings. The van der Waals surface area contributed by atoms with Gasteiger partial charge in [-0.05, 0) is 53.6 Å². The predicted molar refractivity (Wildman–Crippen MR) is 93.0 cm³/mol. The van der Waals surface area contributed by atoms with Crippen LogP contribution < -0.4 is 10.1 Å². The van der Waals surface area contributed by atoms with E-state index in [-0.39, 0.29) is 11.8 Å². The summed E-state index contributed by atoms with van der Waals surface area (Å²) in [5, 5.41) is 3.03. The third kappa shape index (κ3) is 3.55. The van der Waals surface area contributed by atoms with E-state index in [0.717, 1.165) is 17.9 Å². The number of anilines is 1. The fraction of sp³-hybridized carbons (Fsp3) is 0.350. The molecule has 1 fully saturated rings. The van der Waals surface area contributed by atoms with Crippen molar-refractivity contribution < 1.29 is 9.53 Å². The summed E-state index contributed by atoms with van der Waals surface area (Å²) in [6, 6.07) is 16.1. The van der Waals surface area contributed by atoms with Crippen molar-refractivity contribution in [3.63, 3.8) is 0 Å². The number of nitrogens with one attached hydrogen (secondary N) is 1. The van der Waals surface area contributed by atoms with Crippen molar-refractivity contribution in [3.8, 4) is 5.75 Å². The van der Waals surface area contributed by atoms with Gasteiger partial charge in [0.1, 0.15) is 5.75 Å². The number of hydrogen-bond acceptors (Lipinski definition) is 2. The Morgan fingerprint density at radius 2 is 1.74 bits per heavy atom. The summed E-state index contributed by atoms with van der Waals surface area (Å²) in [6.07, 6.45) is 0.919. The van der Waals surface area contributed by atoms with Crippen molar-refractivity contribution in [1.82, 2.24) is 0 Å². The minimum absolute atomic E-state index is 0.0770. The SMILES string of the molecule is COc1ccc(C2CC2C(=O)Nc2ccc(C(C)C)cc2)cc1. The number of carbonyl (C=O) groups excluding carboxylic acids is 1. The predicted octanol–water partition coefficient (Wildman–Crippen LogP) is 4.56. The van der Waals surface area contributed by atoms with Gasteiger partial charge in [0.2, 0.25) is 5.91 Å². The molecule has 120 valence electrons. The third-order valence-corrected chi connectivity index (χ3v) is 4.52. The van der Waals surface area contributed by atoms with Gasteiger partial charge in [0.25, 0.3) is 0 Å². The van der Waals surface area contributed by atoms with Gasteiger partial charge >= 0.3 is 0 Å². The summed E-state index contributed by atoms with van der Waals surface area (Å²) in [5.41, 5.74) is 3.37. The Hall–Kier alpha value is -2.29. The topological polar surface area (TPSA) is 38.3 Å². The van der Waals surface area contributed by atoms with Crippen molar-refractivity contribution in [2.24, 2.45) is 5.92 Å². The van der Waals surface area contributed by atoms with Gasteiger partial charge in [-0.1, -0.05) is 38.1 Å². The van der Waals surface area contributed by atoms with Crippen LogP contribution in [-0.4, -0.2) is 13.0 Å². The normalized spacial score (nSPS) is 19.5. The fourth-order valence-corrected chi connectivity index (χ4v) is 2.89. The molecule has 3 rings (SSSR count). The summed E-state index contributed by atoms with van der Waals surface area (Å²) in [7, 11) is 1.66. The van der Waals surface area contributed by atoms with E-state index in [1.165, 1.54) is 11.1 Å². The first kappa shape index (κ1) is 15.6. The molecule has 2 aromatic carbocycles. The maximum Gasteiger partial charge on any atom is 0.228 e. The lowest BCUT2D eigenvalue weighted by Crippen LogP contribution is -2.14. The monoisotopic (exact) mass is 309 g/mol. The van der Waals surface area contributed by atoms with Gasteiger partial charge < -0.3 is 10.1 Å². The summed E-state index contributed by atoms with van der Waals surface area (Å²) in [6.45, 7) is 4.33. The van der Waals surface area contributed by atoms with E-state index in [4.69, 9.17) is 4.74 Å². The summed E-state index contributed by atoms with van der Waals surface area (Å²) in [4.78, 5) is 12.4. The van der Waals surface area contributed by atoms with Gasteiger partial charge in [0, 0.05) is 11.6 Å². The molecule has 23 heavy (non-hydrogen) atoms. The highest BCUT2D eigenvalue weighted by Crippen LogP contribution is 2.48. The largest absolute Gasteiger partial charge is 0.497 e. The van der Waals surface area contributed by atoms with Gasteiger partial charge in [-0.3, -0.25) is 4.79 Å². The van der Waals surface area contributed by atoms with E-state index in [9.17, 15) is 4.79 Å². The highest BCUT2D eigenvalue weighted by molar-refractivity contribution is 5.95. The molecule has 0 radical (unpaired) electrons. The number of ether oxygens (including phenoxy) is 1. The Balaban J connectivity index is 1.59. The lowest BCUT2D eigenvalue weighted by atomic mass is 10.0. The zero-order valence-corrected chi connectivity index (χ0v) is 13.9. The molecule has 0 aromatic heterocycles. The highest BCUT2D eigenvalue weighted by Gasteiger charge is 2.43. The molecule has 0 aliphatic heterocycles. The number of rotatable bonds is 5. The van der Waals surface area contributed by atoms with Gasteiger partial charge in [-0.15, -0.1) is 0 Å². The first-order valence-electron chi connectivity index (χ1n) is 8.13. The van der Waals surface area contributed by atoms with Gasteiger partial charge in [-0.25, -0.2) is 0 Å². The van der Waals surface area contributed by atoms with Crippen LogP contribution >= 0.6 is 0 Å². The van der Waals surface area contributed by atoms with Crippen molar-refractivity contribution in [1.29, 1.82) is 0 Å². The van der Waals surface area contributed by atoms with Gasteiger partial charge in [-0.2, -0.15) is 0 Å². The zero-order chi connectivity index (χ0) is 16.4. The molecule has 0 heterocycles. The molecular weight excluding hydrogens is 286 g/mol. The Labute approximate surface area is 137 Å². The maximum absolute atomic E-state index is 12.4. The second-order valence-electron chi connectivity index (χ2n) is 6.49. The summed E-state index contributed by atoms with van der Waals surface area (Å²) in [5.74, 6) is 1.87. The first-order chi connectivity index (χ1) is 11.1. The van der Waals surface area contributed by atoms with Crippen LogP contribution in [0.5, 0.6) is 5.75 Å². The molecular formula is C20H23NO2. The maximum atomic E-state index is 12.4. The average molecular weight is 309 g/mol. The first-order valence-corrected chi connectivity index (χ1v) is 8.13. The molecule has 1 aliphatic rings. The minimum Gasteiger partial charge on any atom is -0.497 e. The van der Waals surface area contributed by atoms with E-state index in [0.29, 0.717) is 11.8 Å². The molecule has 1 aliphatic carbocycles. The van der Waals surface area contributed by atoms with Crippen molar-refractivity contribution in [2.45, 2.75) is 32.1 Å². The molecule has 0 saturated heterocycles. The van der Waals surface area contributed by atoms with Crippen molar-refractivity contribution in [3.05, 3.63) is 59.7 Å². The average Bonchev–Trinajstić information content (AvgIpc) is 3.36. The van der Waals surface area contributed by atoms with Crippen LogP contribution in [0.4, 0.5) is 5.69 Å². The zero-order valence-electron chi connectivity index (χ0n) is 13.9. The Kier molecular flexibility index (Phi) is 4.37. The fourth-order valence-electron chi connectivity index (χ4n) is 2.89. The minimum atomic E-state index is 0.0770. The van der Waals surface area contributed by atoms with Crippen LogP contribution in [0.2, 0.25) is 0 Å². The highest BCUT2D eigenvalue weighted by atomic mass is 16.5. The van der Waals surface area contributed by atoms with Crippen LogP contribution in [-0.2, 0) is 4.79 Å². The molecule has 3 heteroatoms. The van der Waals surface area contributed by atoms with Crippen LogP contribution in [0.1, 0.15) is 43.2 Å². The number of methoxy groups -OCH3 is 1. The van der Waals surface area contributed by atoms with E-state index >= 15 is 0 Å². The molecule has 1 amide bonds. The van der Waals surface area contributed by atoms with Crippen LogP contribution in [0.15, 0.2) is 48.5 Å². The number of hydrogen-bond donors (Lipinski definition) is 1. The lowest BCUT2D eigenvalue weighted by molar-refractivity contribution is -0.117. The van der Waals surface area contributed by atoms with Crippen molar-refractivity contribution in [2.75, 3.05) is 12.4 Å². The van der Waals surface area contributed by atoms with Gasteiger partial charge in [0.15, 0.2) is 0 Å². The summed E-state index contributed by atoms with van der Waals surface area (Å²) >= 11 is 0.